The van der Waals surface area contributed by atoms with Gasteiger partial charge in [-0.25, -0.2) is 9.18 Å². The number of aromatic nitrogens is 1. The number of anilines is 1. The first-order chi connectivity index (χ1) is 14.3. The molecule has 1 N–H and O–H groups in total. The number of nitro benzene ring substituents is 1. The van der Waals surface area contributed by atoms with E-state index in [0.29, 0.717) is 11.3 Å². The molecule has 1 aromatic heterocycles. The zero-order chi connectivity index (χ0) is 21.8. The topological polar surface area (TPSA) is 103 Å². The van der Waals surface area contributed by atoms with Crippen LogP contribution in [0.5, 0.6) is 0 Å². The molecule has 8 nitrogen and oxygen atoms in total. The molecule has 2 aromatic carbocycles. The number of non-ortho nitro benzene ring substituents is 1. The molecular weight excluding hydrogens is 393 g/mol. The molecule has 0 saturated carbocycles. The summed E-state index contributed by atoms with van der Waals surface area (Å²) in [6.07, 6.45) is 0. The Labute approximate surface area is 171 Å². The molecule has 1 heterocycles. The number of halogens is 1. The lowest BCUT2D eigenvalue weighted by Gasteiger charge is -2.10. The summed E-state index contributed by atoms with van der Waals surface area (Å²) in [5, 5.41) is 13.0. The van der Waals surface area contributed by atoms with Crippen molar-refractivity contribution in [1.82, 2.24) is 4.57 Å². The van der Waals surface area contributed by atoms with E-state index in [2.05, 4.69) is 5.32 Å². The monoisotopic (exact) mass is 411 g/mol. The number of hydrogen-bond acceptors (Lipinski definition) is 5. The first-order valence-corrected chi connectivity index (χ1v) is 8.93. The minimum atomic E-state index is -0.841. The van der Waals surface area contributed by atoms with E-state index < -0.39 is 29.2 Å². The van der Waals surface area contributed by atoms with Gasteiger partial charge < -0.3 is 14.6 Å². The number of nitrogens with zero attached hydrogens (tertiary/aromatic N) is 2. The number of amides is 1. The summed E-state index contributed by atoms with van der Waals surface area (Å²) in [5.41, 5.74) is 1.89. The van der Waals surface area contributed by atoms with Crippen LogP contribution in [0, 0.1) is 29.8 Å². The van der Waals surface area contributed by atoms with E-state index in [-0.39, 0.29) is 11.4 Å². The van der Waals surface area contributed by atoms with Crippen molar-refractivity contribution in [2.24, 2.45) is 0 Å². The van der Waals surface area contributed by atoms with Gasteiger partial charge in [-0.15, -0.1) is 0 Å². The van der Waals surface area contributed by atoms with Gasteiger partial charge in [-0.05, 0) is 38.1 Å². The van der Waals surface area contributed by atoms with Gasteiger partial charge in [-0.2, -0.15) is 0 Å². The Balaban J connectivity index is 1.69. The highest BCUT2D eigenvalue weighted by atomic mass is 19.1. The zero-order valence-electron chi connectivity index (χ0n) is 16.2. The summed E-state index contributed by atoms with van der Waals surface area (Å²) < 4.78 is 20.7. The number of ether oxygens (including phenoxy) is 1. The molecule has 0 saturated heterocycles. The van der Waals surface area contributed by atoms with Gasteiger partial charge >= 0.3 is 5.97 Å². The Morgan fingerprint density at radius 2 is 1.83 bits per heavy atom. The van der Waals surface area contributed by atoms with Crippen molar-refractivity contribution in [3.63, 3.8) is 0 Å². The standard InChI is InChI=1S/C21H18FN3O5/c1-13-10-17(14(2)24(13)15-6-4-3-5-7-15)21(27)30-12-20(26)23-19-11-16(25(28)29)8-9-18(19)22/h3-11H,12H2,1-2H3,(H,23,26). The number of nitrogens with one attached hydrogen (secondary N) is 1. The minimum absolute atomic E-state index is 0.297. The molecule has 0 atom stereocenters. The maximum Gasteiger partial charge on any atom is 0.340 e. The molecule has 0 fully saturated rings. The predicted molar refractivity (Wildman–Crippen MR) is 107 cm³/mol. The van der Waals surface area contributed by atoms with Crippen molar-refractivity contribution in [2.45, 2.75) is 13.8 Å². The van der Waals surface area contributed by atoms with Gasteiger partial charge in [0.25, 0.3) is 11.6 Å². The normalized spacial score (nSPS) is 10.5. The summed E-state index contributed by atoms with van der Waals surface area (Å²) in [4.78, 5) is 34.6. The molecule has 0 aliphatic heterocycles. The molecule has 3 rings (SSSR count). The maximum absolute atomic E-state index is 13.8. The Morgan fingerprint density at radius 1 is 1.13 bits per heavy atom. The fraction of sp³-hybridized carbons (Fsp3) is 0.143. The number of hydrogen-bond donors (Lipinski definition) is 1. The highest BCUT2D eigenvalue weighted by molar-refractivity contribution is 5.96. The highest BCUT2D eigenvalue weighted by Gasteiger charge is 2.19. The first kappa shape index (κ1) is 20.7. The van der Waals surface area contributed by atoms with Crippen LogP contribution in [0.25, 0.3) is 5.69 Å². The smallest absolute Gasteiger partial charge is 0.340 e. The summed E-state index contributed by atoms with van der Waals surface area (Å²) >= 11 is 0. The number of carbonyl (C=O) groups excluding carboxylic acids is 2. The van der Waals surface area contributed by atoms with Crippen molar-refractivity contribution < 1.29 is 23.6 Å². The van der Waals surface area contributed by atoms with Crippen molar-refractivity contribution in [2.75, 3.05) is 11.9 Å². The molecule has 0 aliphatic carbocycles. The lowest BCUT2D eigenvalue weighted by atomic mass is 10.2. The average Bonchev–Trinajstić information content (AvgIpc) is 3.02. The third-order valence-corrected chi connectivity index (χ3v) is 4.43. The fourth-order valence-corrected chi connectivity index (χ4v) is 3.06. The number of rotatable bonds is 6. The van der Waals surface area contributed by atoms with E-state index in [1.54, 1.807) is 13.0 Å². The largest absolute Gasteiger partial charge is 0.452 e. The van der Waals surface area contributed by atoms with Gasteiger partial charge in [-0.3, -0.25) is 14.9 Å². The van der Waals surface area contributed by atoms with Crippen LogP contribution in [0.2, 0.25) is 0 Å². The van der Waals surface area contributed by atoms with Crippen molar-refractivity contribution in [3.8, 4) is 5.69 Å². The molecule has 154 valence electrons. The minimum Gasteiger partial charge on any atom is -0.452 e. The molecule has 0 aliphatic rings. The van der Waals surface area contributed by atoms with E-state index >= 15 is 0 Å². The van der Waals surface area contributed by atoms with Crippen LogP contribution < -0.4 is 5.32 Å². The Kier molecular flexibility index (Phi) is 5.91. The van der Waals surface area contributed by atoms with Gasteiger partial charge in [0.15, 0.2) is 6.61 Å². The van der Waals surface area contributed by atoms with E-state index in [1.807, 2.05) is 41.8 Å². The van der Waals surface area contributed by atoms with Gasteiger partial charge in [0.2, 0.25) is 0 Å². The summed E-state index contributed by atoms with van der Waals surface area (Å²) in [5.74, 6) is -2.37. The molecule has 3 aromatic rings. The van der Waals surface area contributed by atoms with E-state index in [1.165, 1.54) is 0 Å². The second-order valence-electron chi connectivity index (χ2n) is 6.50. The lowest BCUT2D eigenvalue weighted by Crippen LogP contribution is -2.21. The van der Waals surface area contributed by atoms with E-state index in [9.17, 15) is 24.1 Å². The summed E-state index contributed by atoms with van der Waals surface area (Å²) in [6, 6.07) is 13.8. The molecule has 1 amide bonds. The van der Waals surface area contributed by atoms with E-state index in [0.717, 1.165) is 29.6 Å². The number of esters is 1. The van der Waals surface area contributed by atoms with Gasteiger partial charge in [-0.1, -0.05) is 18.2 Å². The third-order valence-electron chi connectivity index (χ3n) is 4.43. The molecule has 30 heavy (non-hydrogen) atoms. The van der Waals surface area contributed by atoms with Crippen LogP contribution in [0.15, 0.2) is 54.6 Å². The predicted octanol–water partition coefficient (Wildman–Crippen LogP) is 3.94. The summed E-state index contributed by atoms with van der Waals surface area (Å²) in [7, 11) is 0. The van der Waals surface area contributed by atoms with Gasteiger partial charge in [0, 0.05) is 29.2 Å². The first-order valence-electron chi connectivity index (χ1n) is 8.93. The van der Waals surface area contributed by atoms with Crippen LogP contribution in [0.1, 0.15) is 21.7 Å². The maximum atomic E-state index is 13.8. The molecular formula is C21H18FN3O5. The Bertz CT molecular complexity index is 1130. The average molecular weight is 411 g/mol. The highest BCUT2D eigenvalue weighted by Crippen LogP contribution is 2.22. The number of para-hydroxylation sites is 1. The number of carbonyl (C=O) groups is 2. The Morgan fingerprint density at radius 3 is 2.50 bits per heavy atom. The second kappa shape index (κ2) is 8.56. The van der Waals surface area contributed by atoms with Crippen LogP contribution in [-0.4, -0.2) is 28.0 Å². The quantitative estimate of drug-likeness (QED) is 0.376. The molecule has 0 bridgehead atoms. The molecule has 0 unspecified atom stereocenters. The number of aryl methyl sites for hydroxylation is 1. The number of nitro groups is 1. The summed E-state index contributed by atoms with van der Waals surface area (Å²) in [6.45, 7) is 2.93. The molecule has 0 spiro atoms. The fourth-order valence-electron chi connectivity index (χ4n) is 3.06. The van der Waals surface area contributed by atoms with Crippen LogP contribution >= 0.6 is 0 Å². The second-order valence-corrected chi connectivity index (χ2v) is 6.50. The van der Waals surface area contributed by atoms with Crippen molar-refractivity contribution in [1.29, 1.82) is 0 Å². The third kappa shape index (κ3) is 4.35. The van der Waals surface area contributed by atoms with Crippen LogP contribution in [0.4, 0.5) is 15.8 Å². The van der Waals surface area contributed by atoms with Gasteiger partial charge in [0.1, 0.15) is 5.82 Å². The van der Waals surface area contributed by atoms with Crippen LogP contribution in [0.3, 0.4) is 0 Å². The zero-order valence-corrected chi connectivity index (χ0v) is 16.2. The Hall–Kier alpha value is -4.01. The molecule has 0 radical (unpaired) electrons. The molecule has 9 heteroatoms. The van der Waals surface area contributed by atoms with E-state index in [4.69, 9.17) is 4.74 Å². The van der Waals surface area contributed by atoms with Gasteiger partial charge in [0.05, 0.1) is 16.2 Å². The SMILES string of the molecule is Cc1cc(C(=O)OCC(=O)Nc2cc([N+](=O)[O-])ccc2F)c(C)n1-c1ccccc1. The van der Waals surface area contributed by atoms with Crippen molar-refractivity contribution >= 4 is 23.3 Å². The number of benzene rings is 2. The van der Waals surface area contributed by atoms with Crippen molar-refractivity contribution in [3.05, 3.63) is 87.5 Å². The van der Waals surface area contributed by atoms with Crippen LogP contribution in [-0.2, 0) is 9.53 Å². The lowest BCUT2D eigenvalue weighted by molar-refractivity contribution is -0.384.